The SMILES string of the molecule is CC1(NC(=O)O[C@H]2CC[C@@H](c3cc(Nc4nc(CCCO)c(C#N)c5nccn45)n[nH]3)[C@@H]2F)CC1. The van der Waals surface area contributed by atoms with Crippen molar-refractivity contribution in [2.24, 2.45) is 0 Å². The van der Waals surface area contributed by atoms with Gasteiger partial charge in [-0.15, -0.1) is 0 Å². The number of hydrogen-bond acceptors (Lipinski definition) is 8. The Balaban J connectivity index is 1.30. The van der Waals surface area contributed by atoms with Gasteiger partial charge in [0.15, 0.2) is 11.5 Å². The summed E-state index contributed by atoms with van der Waals surface area (Å²) in [4.78, 5) is 20.9. The Kier molecular flexibility index (Phi) is 6.02. The minimum absolute atomic E-state index is 0.0187. The van der Waals surface area contributed by atoms with Gasteiger partial charge in [0.05, 0.1) is 5.69 Å². The van der Waals surface area contributed by atoms with Gasteiger partial charge in [0, 0.05) is 42.2 Å². The lowest BCUT2D eigenvalue weighted by Gasteiger charge is -2.19. The van der Waals surface area contributed by atoms with Crippen molar-refractivity contribution in [3.63, 3.8) is 0 Å². The Morgan fingerprint density at radius 2 is 2.29 bits per heavy atom. The summed E-state index contributed by atoms with van der Waals surface area (Å²) in [6.07, 6.45) is 4.16. The van der Waals surface area contributed by atoms with Crippen LogP contribution in [0.15, 0.2) is 18.5 Å². The molecule has 0 saturated heterocycles. The number of nitriles is 1. The number of alkyl carbamates (subject to hydrolysis) is 1. The topological polar surface area (TPSA) is 153 Å². The molecule has 3 aromatic rings. The third kappa shape index (κ3) is 4.64. The van der Waals surface area contributed by atoms with Crippen molar-refractivity contribution in [3.05, 3.63) is 35.4 Å². The van der Waals surface area contributed by atoms with Gasteiger partial charge in [0.1, 0.15) is 23.9 Å². The summed E-state index contributed by atoms with van der Waals surface area (Å²) in [7, 11) is 0. The highest BCUT2D eigenvalue weighted by atomic mass is 19.1. The first kappa shape index (κ1) is 23.0. The first-order valence-corrected chi connectivity index (χ1v) is 11.7. The van der Waals surface area contributed by atoms with E-state index in [1.807, 2.05) is 6.92 Å². The van der Waals surface area contributed by atoms with Crippen LogP contribution in [0.3, 0.4) is 0 Å². The number of rotatable bonds is 8. The Hall–Kier alpha value is -3.72. The van der Waals surface area contributed by atoms with E-state index in [0.717, 1.165) is 12.8 Å². The van der Waals surface area contributed by atoms with Crippen LogP contribution < -0.4 is 10.6 Å². The molecular weight excluding hydrogens is 455 g/mol. The van der Waals surface area contributed by atoms with Gasteiger partial charge in [-0.1, -0.05) is 0 Å². The molecule has 2 fully saturated rings. The first-order chi connectivity index (χ1) is 16.9. The summed E-state index contributed by atoms with van der Waals surface area (Å²) in [5.74, 6) is 0.350. The molecule has 2 saturated carbocycles. The summed E-state index contributed by atoms with van der Waals surface area (Å²) in [5.41, 5.74) is 1.71. The highest BCUT2D eigenvalue weighted by Gasteiger charge is 2.43. The minimum Gasteiger partial charge on any atom is -0.443 e. The number of anilines is 2. The van der Waals surface area contributed by atoms with Gasteiger partial charge in [0.2, 0.25) is 5.95 Å². The normalized spacial score (nSPS) is 22.6. The minimum atomic E-state index is -1.35. The molecule has 0 radical (unpaired) electrons. The summed E-state index contributed by atoms with van der Waals surface area (Å²) >= 11 is 0. The quantitative estimate of drug-likeness (QED) is 0.382. The van der Waals surface area contributed by atoms with Gasteiger partial charge in [-0.25, -0.2) is 19.2 Å². The van der Waals surface area contributed by atoms with Gasteiger partial charge < -0.3 is 20.5 Å². The Bertz CT molecular complexity index is 1280. The number of nitrogens with one attached hydrogen (secondary N) is 3. The molecule has 5 rings (SSSR count). The standard InChI is InChI=1S/C23H27FN8O3/c1-23(6-7-23)29-22(34)35-17-5-4-13(19(17)24)16-11-18(31-30-16)28-21-27-15(3-2-10-33)14(12-25)20-26-8-9-32(20)21/h8-9,11,13,17,19,33H,2-7,10H2,1H3,(H,29,34)(H2,27,28,30,31)/t13-,17-,19-/m0/s1. The predicted molar refractivity (Wildman–Crippen MR) is 123 cm³/mol. The number of hydrogen-bond donors (Lipinski definition) is 4. The number of carbonyl (C=O) groups is 1. The molecule has 35 heavy (non-hydrogen) atoms. The summed E-state index contributed by atoms with van der Waals surface area (Å²) in [6.45, 7) is 1.92. The number of imidazole rings is 1. The maximum atomic E-state index is 15.2. The molecule has 11 nitrogen and oxygen atoms in total. The number of H-pyrrole nitrogens is 1. The first-order valence-electron chi connectivity index (χ1n) is 11.7. The number of aliphatic hydroxyl groups is 1. The molecule has 0 bridgehead atoms. The number of aryl methyl sites for hydroxylation is 1. The third-order valence-electron chi connectivity index (χ3n) is 6.71. The lowest BCUT2D eigenvalue weighted by molar-refractivity contribution is 0.0546. The van der Waals surface area contributed by atoms with E-state index in [4.69, 9.17) is 4.74 Å². The summed E-state index contributed by atoms with van der Waals surface area (Å²) in [5, 5.41) is 31.8. The molecule has 2 aliphatic rings. The number of aliphatic hydroxyl groups excluding tert-OH is 1. The number of ether oxygens (including phenoxy) is 1. The third-order valence-corrected chi connectivity index (χ3v) is 6.71. The fourth-order valence-corrected chi connectivity index (χ4v) is 4.46. The second-order valence-corrected chi connectivity index (χ2v) is 9.41. The van der Waals surface area contributed by atoms with Crippen molar-refractivity contribution in [1.29, 1.82) is 5.26 Å². The van der Waals surface area contributed by atoms with Crippen molar-refractivity contribution in [2.75, 3.05) is 11.9 Å². The molecule has 184 valence electrons. The molecule has 1 amide bonds. The zero-order valence-corrected chi connectivity index (χ0v) is 19.3. The number of carbonyl (C=O) groups excluding carboxylic acids is 1. The molecule has 3 atom stereocenters. The average molecular weight is 483 g/mol. The Morgan fingerprint density at radius 3 is 3.03 bits per heavy atom. The van der Waals surface area contributed by atoms with Crippen molar-refractivity contribution in [3.8, 4) is 6.07 Å². The Labute approximate surface area is 200 Å². The van der Waals surface area contributed by atoms with Gasteiger partial charge in [-0.2, -0.15) is 10.4 Å². The molecule has 12 heteroatoms. The summed E-state index contributed by atoms with van der Waals surface area (Å²) < 4.78 is 22.2. The van der Waals surface area contributed by atoms with Crippen molar-refractivity contribution >= 4 is 23.5 Å². The average Bonchev–Trinajstić information content (AvgIpc) is 3.23. The van der Waals surface area contributed by atoms with Crippen LogP contribution >= 0.6 is 0 Å². The Morgan fingerprint density at radius 1 is 1.46 bits per heavy atom. The van der Waals surface area contributed by atoms with E-state index in [1.165, 1.54) is 0 Å². The number of alkyl halides is 1. The van der Waals surface area contributed by atoms with Crippen molar-refractivity contribution < 1.29 is 19.0 Å². The maximum Gasteiger partial charge on any atom is 0.407 e. The van der Waals surface area contributed by atoms with Crippen LogP contribution in [0.25, 0.3) is 5.65 Å². The van der Waals surface area contributed by atoms with Crippen LogP contribution in [0.4, 0.5) is 21.0 Å². The number of nitrogens with zero attached hydrogens (tertiary/aromatic N) is 5. The lowest BCUT2D eigenvalue weighted by atomic mass is 10.0. The van der Waals surface area contributed by atoms with Crippen LogP contribution in [0, 0.1) is 11.3 Å². The van der Waals surface area contributed by atoms with E-state index in [2.05, 4.69) is 36.9 Å². The fraction of sp³-hybridized carbons (Fsp3) is 0.522. The highest BCUT2D eigenvalue weighted by molar-refractivity contribution is 5.69. The zero-order valence-electron chi connectivity index (χ0n) is 19.3. The number of aromatic nitrogens is 5. The second kappa shape index (κ2) is 9.14. The number of halogens is 1. The van der Waals surface area contributed by atoms with Crippen LogP contribution in [-0.2, 0) is 11.2 Å². The molecule has 3 aromatic heterocycles. The monoisotopic (exact) mass is 482 g/mol. The fourth-order valence-electron chi connectivity index (χ4n) is 4.46. The predicted octanol–water partition coefficient (Wildman–Crippen LogP) is 2.86. The molecule has 4 N–H and O–H groups in total. The molecule has 0 aromatic carbocycles. The number of aromatic amines is 1. The van der Waals surface area contributed by atoms with E-state index in [1.54, 1.807) is 22.9 Å². The van der Waals surface area contributed by atoms with Crippen molar-refractivity contribution in [1.82, 2.24) is 29.9 Å². The van der Waals surface area contributed by atoms with Crippen LogP contribution in [0.2, 0.25) is 0 Å². The molecule has 0 aliphatic heterocycles. The van der Waals surface area contributed by atoms with Crippen LogP contribution in [0.1, 0.15) is 61.9 Å². The van der Waals surface area contributed by atoms with Crippen LogP contribution in [0.5, 0.6) is 0 Å². The van der Waals surface area contributed by atoms with E-state index < -0.39 is 24.3 Å². The largest absolute Gasteiger partial charge is 0.443 e. The molecular formula is C23H27FN8O3. The van der Waals surface area contributed by atoms with E-state index in [-0.39, 0.29) is 12.1 Å². The zero-order chi connectivity index (χ0) is 24.6. The smallest absolute Gasteiger partial charge is 0.407 e. The van der Waals surface area contributed by atoms with E-state index in [0.29, 0.717) is 60.0 Å². The number of amides is 1. The lowest BCUT2D eigenvalue weighted by Crippen LogP contribution is -2.38. The van der Waals surface area contributed by atoms with Crippen LogP contribution in [-0.4, -0.2) is 60.2 Å². The van der Waals surface area contributed by atoms with Crippen molar-refractivity contribution in [2.45, 2.75) is 69.2 Å². The summed E-state index contributed by atoms with van der Waals surface area (Å²) in [6, 6.07) is 3.85. The van der Waals surface area contributed by atoms with Gasteiger partial charge in [-0.3, -0.25) is 9.50 Å². The van der Waals surface area contributed by atoms with E-state index >= 15 is 4.39 Å². The number of fused-ring (bicyclic) bond motifs is 1. The second-order valence-electron chi connectivity index (χ2n) is 9.41. The van der Waals surface area contributed by atoms with E-state index in [9.17, 15) is 15.2 Å². The van der Waals surface area contributed by atoms with Gasteiger partial charge in [-0.05, 0) is 45.4 Å². The maximum absolute atomic E-state index is 15.2. The molecule has 2 aliphatic carbocycles. The van der Waals surface area contributed by atoms with Gasteiger partial charge in [0.25, 0.3) is 0 Å². The molecule has 3 heterocycles. The molecule has 0 unspecified atom stereocenters. The van der Waals surface area contributed by atoms with Gasteiger partial charge >= 0.3 is 6.09 Å². The highest BCUT2D eigenvalue weighted by Crippen LogP contribution is 2.39. The molecule has 0 spiro atoms.